The van der Waals surface area contributed by atoms with E-state index in [4.69, 9.17) is 10.2 Å². The molecule has 0 aromatic rings. The Morgan fingerprint density at radius 2 is 1.83 bits per heavy atom. The molecule has 0 aromatic carbocycles. The van der Waals surface area contributed by atoms with Crippen molar-refractivity contribution in [3.63, 3.8) is 0 Å². The molecule has 1 heterocycles. The van der Waals surface area contributed by atoms with Gasteiger partial charge >= 0.3 is 5.97 Å². The maximum absolute atomic E-state index is 11.8. The predicted octanol–water partition coefficient (Wildman–Crippen LogP) is -2.07. The van der Waals surface area contributed by atoms with Crippen LogP contribution < -0.4 is 4.72 Å². The van der Waals surface area contributed by atoms with Gasteiger partial charge < -0.3 is 10.2 Å². The van der Waals surface area contributed by atoms with Crippen LogP contribution in [0.4, 0.5) is 0 Å². The second kappa shape index (κ2) is 5.51. The molecule has 0 aliphatic carbocycles. The lowest BCUT2D eigenvalue weighted by atomic mass is 10.2. The zero-order chi connectivity index (χ0) is 14.0. The number of aliphatic hydroxyl groups is 1. The Morgan fingerprint density at radius 3 is 2.22 bits per heavy atom. The summed E-state index contributed by atoms with van der Waals surface area (Å²) in [6, 6.07) is -1.60. The number of carboxylic acids is 1. The summed E-state index contributed by atoms with van der Waals surface area (Å²) in [5.41, 5.74) is 0. The molecule has 0 saturated carbocycles. The van der Waals surface area contributed by atoms with Crippen LogP contribution in [0.2, 0.25) is 0 Å². The van der Waals surface area contributed by atoms with Crippen LogP contribution >= 0.6 is 0 Å². The number of sulfone groups is 1. The Labute approximate surface area is 105 Å². The normalized spacial score (nSPS) is 22.5. The van der Waals surface area contributed by atoms with Gasteiger partial charge in [-0.2, -0.15) is 4.72 Å². The highest BCUT2D eigenvalue weighted by Gasteiger charge is 2.35. The van der Waals surface area contributed by atoms with Gasteiger partial charge in [-0.25, -0.2) is 16.8 Å². The summed E-state index contributed by atoms with van der Waals surface area (Å²) in [5.74, 6) is -1.94. The van der Waals surface area contributed by atoms with E-state index < -0.39 is 43.7 Å². The van der Waals surface area contributed by atoms with Gasteiger partial charge in [0.1, 0.15) is 15.9 Å². The highest BCUT2D eigenvalue weighted by Crippen LogP contribution is 2.18. The van der Waals surface area contributed by atoms with Crippen LogP contribution in [0.15, 0.2) is 0 Å². The quantitative estimate of drug-likeness (QED) is 0.530. The van der Waals surface area contributed by atoms with Crippen molar-refractivity contribution in [1.29, 1.82) is 0 Å². The molecule has 0 spiro atoms. The number of aliphatic hydroxyl groups excluding tert-OH is 1. The molecule has 1 aliphatic heterocycles. The summed E-state index contributed by atoms with van der Waals surface area (Å²) in [7, 11) is -7.13. The van der Waals surface area contributed by atoms with E-state index in [1.54, 1.807) is 0 Å². The minimum Gasteiger partial charge on any atom is -0.480 e. The van der Waals surface area contributed by atoms with E-state index in [-0.39, 0.29) is 24.3 Å². The first-order valence-corrected chi connectivity index (χ1v) is 8.60. The first-order chi connectivity index (χ1) is 8.18. The Morgan fingerprint density at radius 1 is 1.33 bits per heavy atom. The first kappa shape index (κ1) is 15.3. The Hall–Kier alpha value is -0.710. The van der Waals surface area contributed by atoms with Crippen LogP contribution in [0.25, 0.3) is 0 Å². The number of carbonyl (C=O) groups is 1. The third-order valence-electron chi connectivity index (χ3n) is 2.73. The molecule has 1 unspecified atom stereocenters. The minimum absolute atomic E-state index is 0.0601. The van der Waals surface area contributed by atoms with Gasteiger partial charge in [-0.05, 0) is 12.8 Å². The van der Waals surface area contributed by atoms with Gasteiger partial charge in [0.2, 0.25) is 10.0 Å². The van der Waals surface area contributed by atoms with E-state index in [0.717, 1.165) is 0 Å². The molecule has 0 amide bonds. The molecule has 106 valence electrons. The van der Waals surface area contributed by atoms with E-state index in [1.807, 2.05) is 4.72 Å². The molecule has 1 atom stereocenters. The summed E-state index contributed by atoms with van der Waals surface area (Å²) in [6.07, 6.45) is -0.120. The van der Waals surface area contributed by atoms with Gasteiger partial charge in [0.15, 0.2) is 0 Å². The molecule has 3 N–H and O–H groups in total. The van der Waals surface area contributed by atoms with E-state index in [2.05, 4.69) is 0 Å². The third kappa shape index (κ3) is 3.90. The van der Waals surface area contributed by atoms with Crippen molar-refractivity contribution in [2.75, 3.05) is 18.1 Å². The van der Waals surface area contributed by atoms with Crippen molar-refractivity contribution in [3.8, 4) is 0 Å². The van der Waals surface area contributed by atoms with Crippen molar-refractivity contribution in [1.82, 2.24) is 4.72 Å². The molecule has 1 saturated heterocycles. The summed E-state index contributed by atoms with van der Waals surface area (Å²) in [5, 5.41) is 16.4. The summed E-state index contributed by atoms with van der Waals surface area (Å²) >= 11 is 0. The van der Waals surface area contributed by atoms with Crippen molar-refractivity contribution in [2.24, 2.45) is 0 Å². The Kier molecular flexibility index (Phi) is 4.70. The maximum atomic E-state index is 11.8. The maximum Gasteiger partial charge on any atom is 0.324 e. The number of sulfonamides is 1. The molecule has 1 aliphatic rings. The zero-order valence-corrected chi connectivity index (χ0v) is 11.1. The molecule has 0 radical (unpaired) electrons. The van der Waals surface area contributed by atoms with Crippen molar-refractivity contribution < 1.29 is 31.8 Å². The van der Waals surface area contributed by atoms with Crippen LogP contribution in [0.1, 0.15) is 12.8 Å². The minimum atomic E-state index is -3.95. The molecular formula is C8H15NO7S2. The van der Waals surface area contributed by atoms with Gasteiger partial charge in [0.25, 0.3) is 0 Å². The van der Waals surface area contributed by atoms with E-state index in [1.165, 1.54) is 0 Å². The van der Waals surface area contributed by atoms with Gasteiger partial charge in [0.05, 0.1) is 23.4 Å². The zero-order valence-electron chi connectivity index (χ0n) is 9.44. The summed E-state index contributed by atoms with van der Waals surface area (Å²) in [6.45, 7) is -0.862. The number of carboxylic acid groups (broad SMARTS) is 1. The third-order valence-corrected chi connectivity index (χ3v) is 6.41. The fourth-order valence-corrected chi connectivity index (χ4v) is 5.05. The monoisotopic (exact) mass is 301 g/mol. The van der Waals surface area contributed by atoms with Gasteiger partial charge in [-0.1, -0.05) is 0 Å². The van der Waals surface area contributed by atoms with Gasteiger partial charge in [0, 0.05) is 0 Å². The van der Waals surface area contributed by atoms with Crippen molar-refractivity contribution >= 4 is 25.8 Å². The number of hydrogen-bond acceptors (Lipinski definition) is 6. The van der Waals surface area contributed by atoms with Gasteiger partial charge in [-0.15, -0.1) is 0 Å². The second-order valence-electron chi connectivity index (χ2n) is 4.09. The molecular weight excluding hydrogens is 286 g/mol. The fraction of sp³-hybridized carbons (Fsp3) is 0.875. The summed E-state index contributed by atoms with van der Waals surface area (Å²) < 4.78 is 47.8. The molecule has 0 aromatic heterocycles. The van der Waals surface area contributed by atoms with Crippen LogP contribution in [0.5, 0.6) is 0 Å². The SMILES string of the molecule is O=C(O)C(CO)NS(=O)(=O)C1CCS(=O)(=O)CC1. The number of aliphatic carboxylic acids is 1. The lowest BCUT2D eigenvalue weighted by molar-refractivity contribution is -0.139. The second-order valence-corrected chi connectivity index (χ2v) is 8.38. The van der Waals surface area contributed by atoms with Gasteiger partial charge in [-0.3, -0.25) is 4.79 Å². The highest BCUT2D eigenvalue weighted by molar-refractivity contribution is 7.92. The molecule has 1 rings (SSSR count). The van der Waals surface area contributed by atoms with Crippen LogP contribution in [0, 0.1) is 0 Å². The Bertz CT molecular complexity index is 496. The smallest absolute Gasteiger partial charge is 0.324 e. The first-order valence-electron chi connectivity index (χ1n) is 5.23. The standard InChI is InChI=1S/C8H15NO7S2/c10-5-7(8(11)12)9-18(15,16)6-1-3-17(13,14)4-2-6/h6-7,9-10H,1-5H2,(H,11,12). The lowest BCUT2D eigenvalue weighted by Gasteiger charge is -2.23. The summed E-state index contributed by atoms with van der Waals surface area (Å²) in [4.78, 5) is 10.6. The highest BCUT2D eigenvalue weighted by atomic mass is 32.2. The molecule has 10 heteroatoms. The fourth-order valence-electron chi connectivity index (χ4n) is 1.64. The average molecular weight is 301 g/mol. The van der Waals surface area contributed by atoms with E-state index in [9.17, 15) is 21.6 Å². The number of nitrogens with one attached hydrogen (secondary N) is 1. The number of hydrogen-bond donors (Lipinski definition) is 3. The van der Waals surface area contributed by atoms with Crippen molar-refractivity contribution in [3.05, 3.63) is 0 Å². The molecule has 8 nitrogen and oxygen atoms in total. The van der Waals surface area contributed by atoms with Crippen LogP contribution in [-0.2, 0) is 24.7 Å². The lowest BCUT2D eigenvalue weighted by Crippen LogP contribution is -2.48. The van der Waals surface area contributed by atoms with Crippen LogP contribution in [-0.4, -0.2) is 62.4 Å². The molecule has 0 bridgehead atoms. The van der Waals surface area contributed by atoms with E-state index in [0.29, 0.717) is 0 Å². The average Bonchev–Trinajstić information content (AvgIpc) is 2.25. The van der Waals surface area contributed by atoms with Crippen molar-refractivity contribution in [2.45, 2.75) is 24.1 Å². The molecule has 1 fully saturated rings. The van der Waals surface area contributed by atoms with Crippen LogP contribution in [0.3, 0.4) is 0 Å². The largest absolute Gasteiger partial charge is 0.480 e. The van der Waals surface area contributed by atoms with E-state index >= 15 is 0 Å². The molecule has 18 heavy (non-hydrogen) atoms. The Balaban J connectivity index is 2.73. The predicted molar refractivity (Wildman–Crippen MR) is 62.2 cm³/mol. The topological polar surface area (TPSA) is 138 Å². The number of rotatable bonds is 5.